The summed E-state index contributed by atoms with van der Waals surface area (Å²) in [5, 5.41) is 14.0. The van der Waals surface area contributed by atoms with E-state index in [2.05, 4.69) is 10.6 Å². The smallest absolute Gasteiger partial charge is 0.392 e. The van der Waals surface area contributed by atoms with Crippen molar-refractivity contribution in [2.45, 2.75) is 58.1 Å². The van der Waals surface area contributed by atoms with E-state index in [0.717, 1.165) is 0 Å². The third-order valence-electron chi connectivity index (χ3n) is 6.68. The van der Waals surface area contributed by atoms with Crippen molar-refractivity contribution in [2.75, 3.05) is 6.54 Å². The van der Waals surface area contributed by atoms with Gasteiger partial charge in [-0.25, -0.2) is 0 Å². The molecule has 1 aromatic rings. The van der Waals surface area contributed by atoms with E-state index < -0.39 is 59.6 Å². The third kappa shape index (κ3) is 4.94. The number of amides is 3. The van der Waals surface area contributed by atoms with Crippen LogP contribution in [0.1, 0.15) is 43.1 Å². The molecule has 5 atom stereocenters. The van der Waals surface area contributed by atoms with Crippen molar-refractivity contribution in [1.29, 1.82) is 0 Å². The molecule has 0 saturated carbocycles. The van der Waals surface area contributed by atoms with Gasteiger partial charge in [0.05, 0.1) is 12.6 Å². The Morgan fingerprint density at radius 3 is 2.35 bits per heavy atom. The number of carbonyl (C=O) groups excluding carboxylic acids is 4. The quantitative estimate of drug-likeness (QED) is 0.566. The number of hydrogen-bond donors (Lipinski definition) is 3. The zero-order valence-corrected chi connectivity index (χ0v) is 19.1. The van der Waals surface area contributed by atoms with Crippen LogP contribution >= 0.6 is 0 Å². The molecule has 2 fully saturated rings. The zero-order valence-electron chi connectivity index (χ0n) is 19.1. The molecule has 11 heteroatoms. The molecule has 3 rings (SSSR count). The minimum atomic E-state index is -5.07. The first-order valence-corrected chi connectivity index (χ1v) is 11.1. The average Bonchev–Trinajstić information content (AvgIpc) is 3.24. The predicted octanol–water partition coefficient (Wildman–Crippen LogP) is 1.42. The number of aliphatic hydroxyl groups is 1. The molecule has 0 bridgehead atoms. The van der Waals surface area contributed by atoms with Gasteiger partial charge in [-0.2, -0.15) is 13.2 Å². The lowest BCUT2D eigenvalue weighted by Crippen LogP contribution is -2.64. The van der Waals surface area contributed by atoms with Crippen molar-refractivity contribution in [3.05, 3.63) is 35.4 Å². The van der Waals surface area contributed by atoms with Gasteiger partial charge in [-0.15, -0.1) is 0 Å². The van der Waals surface area contributed by atoms with E-state index in [9.17, 15) is 32.3 Å². The Kier molecular flexibility index (Phi) is 7.35. The average molecular weight is 483 g/mol. The van der Waals surface area contributed by atoms with Gasteiger partial charge in [0.1, 0.15) is 12.1 Å². The Morgan fingerprint density at radius 1 is 1.21 bits per heavy atom. The molecule has 8 nitrogen and oxygen atoms in total. The molecular weight excluding hydrogens is 455 g/mol. The molecule has 1 aromatic carbocycles. The third-order valence-corrected chi connectivity index (χ3v) is 6.68. The fraction of sp³-hybridized carbons (Fsp3) is 0.565. The van der Waals surface area contributed by atoms with Crippen LogP contribution in [0.25, 0.3) is 0 Å². The van der Waals surface area contributed by atoms with E-state index in [0.29, 0.717) is 5.56 Å². The van der Waals surface area contributed by atoms with Gasteiger partial charge in [-0.3, -0.25) is 19.2 Å². The summed E-state index contributed by atoms with van der Waals surface area (Å²) in [6.07, 6.45) is -4.80. The van der Waals surface area contributed by atoms with Crippen molar-refractivity contribution in [1.82, 2.24) is 15.5 Å². The normalized spacial score (nSPS) is 25.5. The molecule has 0 radical (unpaired) electrons. The molecule has 2 unspecified atom stereocenters. The molecule has 0 aromatic heterocycles. The Hall–Kier alpha value is -2.95. The number of aliphatic hydroxyl groups excluding tert-OH is 1. The molecule has 3 amide bonds. The lowest BCUT2D eigenvalue weighted by Gasteiger charge is -2.40. The molecule has 2 saturated heterocycles. The minimum absolute atomic E-state index is 0.128. The molecular formula is C23H28F3N3O5. The van der Waals surface area contributed by atoms with Crippen LogP contribution < -0.4 is 10.6 Å². The van der Waals surface area contributed by atoms with Gasteiger partial charge in [-0.05, 0) is 41.9 Å². The topological polar surface area (TPSA) is 116 Å². The second kappa shape index (κ2) is 9.73. The molecule has 2 aliphatic heterocycles. The fourth-order valence-corrected chi connectivity index (χ4v) is 4.73. The first-order chi connectivity index (χ1) is 15.9. The van der Waals surface area contributed by atoms with Crippen LogP contribution in [-0.4, -0.2) is 64.4 Å². The maximum Gasteiger partial charge on any atom is 0.452 e. The van der Waals surface area contributed by atoms with Gasteiger partial charge in [0, 0.05) is 12.1 Å². The first kappa shape index (κ1) is 25.7. The number of fused-ring (bicyclic) bond motifs is 1. The Bertz CT molecular complexity index is 964. The second-order valence-electron chi connectivity index (χ2n) is 9.19. The number of piperidine rings is 1. The maximum atomic E-state index is 13.4. The van der Waals surface area contributed by atoms with Gasteiger partial charge in [0.15, 0.2) is 0 Å². The largest absolute Gasteiger partial charge is 0.452 e. The summed E-state index contributed by atoms with van der Waals surface area (Å²) >= 11 is 0. The van der Waals surface area contributed by atoms with Crippen molar-refractivity contribution in [2.24, 2.45) is 17.8 Å². The fourth-order valence-electron chi connectivity index (χ4n) is 4.73. The summed E-state index contributed by atoms with van der Waals surface area (Å²) in [5.41, 5.74) is 0.906. The number of nitrogens with one attached hydrogen (secondary N) is 2. The number of alkyl halides is 3. The van der Waals surface area contributed by atoms with Crippen LogP contribution in [0.2, 0.25) is 0 Å². The van der Waals surface area contributed by atoms with E-state index >= 15 is 0 Å². The lowest BCUT2D eigenvalue weighted by atomic mass is 9.77. The molecule has 3 N–H and O–H groups in total. The summed E-state index contributed by atoms with van der Waals surface area (Å²) < 4.78 is 38.9. The van der Waals surface area contributed by atoms with E-state index in [1.54, 1.807) is 26.0 Å². The number of halogens is 3. The number of rotatable bonds is 6. The van der Waals surface area contributed by atoms with Gasteiger partial charge >= 0.3 is 6.18 Å². The molecule has 0 spiro atoms. The van der Waals surface area contributed by atoms with Gasteiger partial charge in [-0.1, -0.05) is 32.9 Å². The van der Waals surface area contributed by atoms with Crippen LogP contribution in [0.15, 0.2) is 24.3 Å². The van der Waals surface area contributed by atoms with E-state index in [1.165, 1.54) is 24.0 Å². The predicted molar refractivity (Wildman–Crippen MR) is 114 cm³/mol. The molecule has 186 valence electrons. The highest BCUT2D eigenvalue weighted by Crippen LogP contribution is 2.38. The van der Waals surface area contributed by atoms with Gasteiger partial charge in [0.25, 0.3) is 11.7 Å². The SMILES string of the molecule is CC(C)[C@H](NC(=O)c1ccc(CO)cc1)C(=O)N1CCC2C(C)[C@@H](C(=O)C(F)(F)F)NC(=O)[C@H]21. The van der Waals surface area contributed by atoms with Crippen LogP contribution in [0, 0.1) is 17.8 Å². The lowest BCUT2D eigenvalue weighted by molar-refractivity contribution is -0.177. The number of hydrogen-bond acceptors (Lipinski definition) is 5. The Morgan fingerprint density at radius 2 is 1.82 bits per heavy atom. The summed E-state index contributed by atoms with van der Waals surface area (Å²) in [6.45, 7) is 4.88. The van der Waals surface area contributed by atoms with Crippen molar-refractivity contribution in [3.8, 4) is 0 Å². The highest BCUT2D eigenvalue weighted by atomic mass is 19.4. The molecule has 2 aliphatic rings. The monoisotopic (exact) mass is 483 g/mol. The van der Waals surface area contributed by atoms with E-state index in [4.69, 9.17) is 5.11 Å². The van der Waals surface area contributed by atoms with Crippen LogP contribution in [0.4, 0.5) is 13.2 Å². The summed E-state index contributed by atoms with van der Waals surface area (Å²) in [7, 11) is 0. The number of ketones is 1. The number of benzene rings is 1. The maximum absolute atomic E-state index is 13.4. The molecule has 2 heterocycles. The number of Topliss-reactive ketones (excluding diaryl/α,β-unsaturated/α-hetero) is 1. The van der Waals surface area contributed by atoms with E-state index in [1.807, 2.05) is 0 Å². The zero-order chi connectivity index (χ0) is 25.4. The van der Waals surface area contributed by atoms with E-state index in [-0.39, 0.29) is 31.1 Å². The number of carbonyl (C=O) groups is 4. The second-order valence-corrected chi connectivity index (χ2v) is 9.19. The summed E-state index contributed by atoms with van der Waals surface area (Å²) in [4.78, 5) is 51.9. The molecule has 34 heavy (non-hydrogen) atoms. The standard InChI is InChI=1S/C23H28F3N3O5/c1-11(2)16(27-20(32)14-6-4-13(10-30)5-7-14)22(34)29-9-8-15-12(3)17(19(31)23(24,25)26)28-21(33)18(15)29/h4-7,11-12,15-18,30H,8-10H2,1-3H3,(H,27,32)(H,28,33)/t12?,15?,16-,17-,18-/m0/s1. The highest BCUT2D eigenvalue weighted by molar-refractivity contribution is 6.00. The van der Waals surface area contributed by atoms with Crippen LogP contribution in [0.3, 0.4) is 0 Å². The van der Waals surface area contributed by atoms with Crippen molar-refractivity contribution in [3.63, 3.8) is 0 Å². The highest BCUT2D eigenvalue weighted by Gasteiger charge is 2.56. The minimum Gasteiger partial charge on any atom is -0.392 e. The Balaban J connectivity index is 1.77. The number of nitrogens with zero attached hydrogens (tertiary/aromatic N) is 1. The summed E-state index contributed by atoms with van der Waals surface area (Å²) in [6, 6.07) is 2.53. The first-order valence-electron chi connectivity index (χ1n) is 11.1. The van der Waals surface area contributed by atoms with Crippen molar-refractivity contribution < 1.29 is 37.5 Å². The molecule has 0 aliphatic carbocycles. The Labute approximate surface area is 194 Å². The van der Waals surface area contributed by atoms with Crippen molar-refractivity contribution >= 4 is 23.5 Å². The van der Waals surface area contributed by atoms with Crippen LogP contribution in [0.5, 0.6) is 0 Å². The number of likely N-dealkylation sites (tertiary alicyclic amines) is 1. The van der Waals surface area contributed by atoms with Crippen LogP contribution in [-0.2, 0) is 21.0 Å². The van der Waals surface area contributed by atoms with Gasteiger partial charge in [0.2, 0.25) is 11.8 Å². The summed E-state index contributed by atoms with van der Waals surface area (Å²) in [5.74, 6) is -5.58. The van der Waals surface area contributed by atoms with Gasteiger partial charge < -0.3 is 20.6 Å².